The molecule has 1 aromatic rings. The van der Waals surface area contributed by atoms with Gasteiger partial charge in [-0.15, -0.1) is 0 Å². The van der Waals surface area contributed by atoms with Gasteiger partial charge in [-0.3, -0.25) is 0 Å². The smallest absolute Gasteiger partial charge is 0.137 e. The van der Waals surface area contributed by atoms with Crippen molar-refractivity contribution >= 4 is 0 Å². The van der Waals surface area contributed by atoms with Crippen molar-refractivity contribution in [3.05, 3.63) is 35.4 Å². The molecule has 17 heavy (non-hydrogen) atoms. The minimum atomic E-state index is -1.20. The summed E-state index contributed by atoms with van der Waals surface area (Å²) in [6.07, 6.45) is 1.81. The molecule has 94 valence electrons. The quantitative estimate of drug-likeness (QED) is 0.790. The predicted octanol–water partition coefficient (Wildman–Crippen LogP) is 3.66. The van der Waals surface area contributed by atoms with E-state index in [1.165, 1.54) is 5.56 Å². The first-order chi connectivity index (χ1) is 7.81. The maximum absolute atomic E-state index is 14.6. The number of hydrogen-bond acceptors (Lipinski definition) is 1. The second-order valence-electron chi connectivity index (χ2n) is 6.30. The van der Waals surface area contributed by atoms with Crippen LogP contribution in [-0.2, 0) is 11.1 Å². The molecular weight excluding hydrogens is 213 g/mol. The topological polar surface area (TPSA) is 26.0 Å². The number of nitrogens with two attached hydrogens (primary N) is 1. The van der Waals surface area contributed by atoms with E-state index in [-0.39, 0.29) is 11.5 Å². The maximum atomic E-state index is 14.6. The Balaban J connectivity index is 2.24. The number of halogens is 1. The van der Waals surface area contributed by atoms with Crippen LogP contribution >= 0.6 is 0 Å². The van der Waals surface area contributed by atoms with Gasteiger partial charge in [0.25, 0.3) is 0 Å². The summed E-state index contributed by atoms with van der Waals surface area (Å²) in [5.74, 6) is 0. The van der Waals surface area contributed by atoms with Gasteiger partial charge in [-0.2, -0.15) is 0 Å². The third-order valence-electron chi connectivity index (χ3n) is 3.77. The molecule has 0 heterocycles. The molecule has 2 unspecified atom stereocenters. The van der Waals surface area contributed by atoms with Gasteiger partial charge < -0.3 is 5.73 Å². The van der Waals surface area contributed by atoms with Crippen molar-refractivity contribution in [3.8, 4) is 0 Å². The van der Waals surface area contributed by atoms with Crippen LogP contribution in [-0.4, -0.2) is 6.04 Å². The first-order valence-electron chi connectivity index (χ1n) is 6.37. The first-order valence-corrected chi connectivity index (χ1v) is 6.37. The lowest BCUT2D eigenvalue weighted by atomic mass is 9.84. The molecule has 1 aliphatic carbocycles. The molecule has 1 aromatic carbocycles. The van der Waals surface area contributed by atoms with E-state index in [0.29, 0.717) is 12.8 Å². The summed E-state index contributed by atoms with van der Waals surface area (Å²) in [6.45, 7) is 6.50. The molecule has 2 heteroatoms. The van der Waals surface area contributed by atoms with E-state index in [4.69, 9.17) is 5.73 Å². The highest BCUT2D eigenvalue weighted by Crippen LogP contribution is 2.42. The van der Waals surface area contributed by atoms with Crippen molar-refractivity contribution in [2.75, 3.05) is 0 Å². The van der Waals surface area contributed by atoms with Gasteiger partial charge in [0.2, 0.25) is 0 Å². The molecule has 2 atom stereocenters. The third kappa shape index (κ3) is 2.52. The summed E-state index contributed by atoms with van der Waals surface area (Å²) in [4.78, 5) is 0. The molecule has 1 saturated carbocycles. The van der Waals surface area contributed by atoms with Gasteiger partial charge in [0.15, 0.2) is 0 Å². The minimum Gasteiger partial charge on any atom is -0.328 e. The highest BCUT2D eigenvalue weighted by Gasteiger charge is 2.39. The Labute approximate surface area is 103 Å². The Kier molecular flexibility index (Phi) is 3.03. The number of hydrogen-bond donors (Lipinski definition) is 1. The summed E-state index contributed by atoms with van der Waals surface area (Å²) in [5, 5.41) is 0. The summed E-state index contributed by atoms with van der Waals surface area (Å²) in [6, 6.07) is 7.96. The fourth-order valence-corrected chi connectivity index (χ4v) is 2.57. The molecule has 0 radical (unpaired) electrons. The zero-order valence-corrected chi connectivity index (χ0v) is 11.0. The highest BCUT2D eigenvalue weighted by atomic mass is 19.1. The van der Waals surface area contributed by atoms with E-state index in [1.54, 1.807) is 0 Å². The van der Waals surface area contributed by atoms with Gasteiger partial charge in [0.05, 0.1) is 0 Å². The van der Waals surface area contributed by atoms with Crippen molar-refractivity contribution < 1.29 is 4.39 Å². The van der Waals surface area contributed by atoms with E-state index in [2.05, 4.69) is 20.8 Å². The van der Waals surface area contributed by atoms with Crippen LogP contribution in [0.4, 0.5) is 4.39 Å². The minimum absolute atomic E-state index is 0.0160. The van der Waals surface area contributed by atoms with E-state index in [0.717, 1.165) is 12.0 Å². The van der Waals surface area contributed by atoms with E-state index >= 15 is 0 Å². The van der Waals surface area contributed by atoms with Gasteiger partial charge >= 0.3 is 0 Å². The summed E-state index contributed by atoms with van der Waals surface area (Å²) < 4.78 is 14.6. The third-order valence-corrected chi connectivity index (χ3v) is 3.77. The molecule has 1 nitrogen and oxygen atoms in total. The van der Waals surface area contributed by atoms with Crippen molar-refractivity contribution in [2.24, 2.45) is 5.73 Å². The van der Waals surface area contributed by atoms with Gasteiger partial charge in [-0.1, -0.05) is 45.0 Å². The maximum Gasteiger partial charge on any atom is 0.137 e. The summed E-state index contributed by atoms with van der Waals surface area (Å²) in [5.41, 5.74) is 6.76. The second kappa shape index (κ2) is 4.09. The average molecular weight is 235 g/mol. The summed E-state index contributed by atoms with van der Waals surface area (Å²) in [7, 11) is 0. The van der Waals surface area contributed by atoms with Crippen molar-refractivity contribution in [3.63, 3.8) is 0 Å². The average Bonchev–Trinajstić information content (AvgIpc) is 2.59. The van der Waals surface area contributed by atoms with Crippen LogP contribution < -0.4 is 5.73 Å². The van der Waals surface area contributed by atoms with Gasteiger partial charge in [-0.25, -0.2) is 4.39 Å². The molecule has 0 aliphatic heterocycles. The first kappa shape index (κ1) is 12.6. The molecule has 0 amide bonds. The number of benzene rings is 1. The molecule has 0 bridgehead atoms. The van der Waals surface area contributed by atoms with Crippen LogP contribution in [0.15, 0.2) is 24.3 Å². The zero-order valence-electron chi connectivity index (χ0n) is 11.0. The Morgan fingerprint density at radius 2 is 1.82 bits per heavy atom. The normalized spacial score (nSPS) is 29.6. The Bertz CT molecular complexity index is 390. The van der Waals surface area contributed by atoms with Crippen molar-refractivity contribution in [1.82, 2.24) is 0 Å². The van der Waals surface area contributed by atoms with E-state index in [1.807, 2.05) is 24.3 Å². The lowest BCUT2D eigenvalue weighted by molar-refractivity contribution is 0.172. The zero-order chi connectivity index (χ0) is 12.7. The van der Waals surface area contributed by atoms with Gasteiger partial charge in [0, 0.05) is 12.5 Å². The standard InChI is InChI=1S/C15H22FN/c1-14(2,3)11-4-6-12(7-5-11)15(16)9-8-13(17)10-15/h4-7,13H,8-10,17H2,1-3H3. The number of rotatable bonds is 1. The van der Waals surface area contributed by atoms with Gasteiger partial charge in [-0.05, 0) is 29.4 Å². The van der Waals surface area contributed by atoms with Crippen LogP contribution in [0.25, 0.3) is 0 Å². The van der Waals surface area contributed by atoms with Crippen LogP contribution in [0.3, 0.4) is 0 Å². The fourth-order valence-electron chi connectivity index (χ4n) is 2.57. The fraction of sp³-hybridized carbons (Fsp3) is 0.600. The van der Waals surface area contributed by atoms with Crippen molar-refractivity contribution in [2.45, 2.75) is 57.2 Å². The molecule has 0 saturated heterocycles. The molecule has 0 aromatic heterocycles. The highest BCUT2D eigenvalue weighted by molar-refractivity contribution is 5.31. The van der Waals surface area contributed by atoms with Crippen LogP contribution in [0.1, 0.15) is 51.2 Å². The molecule has 0 spiro atoms. The lowest BCUT2D eigenvalue weighted by Gasteiger charge is -2.23. The van der Waals surface area contributed by atoms with Crippen LogP contribution in [0, 0.1) is 0 Å². The van der Waals surface area contributed by atoms with E-state index in [9.17, 15) is 4.39 Å². The summed E-state index contributed by atoms with van der Waals surface area (Å²) >= 11 is 0. The SMILES string of the molecule is CC(C)(C)c1ccc(C2(F)CCC(N)C2)cc1. The monoisotopic (exact) mass is 235 g/mol. The second-order valence-corrected chi connectivity index (χ2v) is 6.30. The largest absolute Gasteiger partial charge is 0.328 e. The predicted molar refractivity (Wildman–Crippen MR) is 69.8 cm³/mol. The van der Waals surface area contributed by atoms with Gasteiger partial charge in [0.1, 0.15) is 5.67 Å². The van der Waals surface area contributed by atoms with E-state index < -0.39 is 5.67 Å². The Morgan fingerprint density at radius 3 is 2.24 bits per heavy atom. The number of alkyl halides is 1. The molecule has 2 rings (SSSR count). The van der Waals surface area contributed by atoms with Crippen LogP contribution in [0.2, 0.25) is 0 Å². The van der Waals surface area contributed by atoms with Crippen LogP contribution in [0.5, 0.6) is 0 Å². The Hall–Kier alpha value is -0.890. The molecule has 1 aliphatic rings. The molecule has 1 fully saturated rings. The lowest BCUT2D eigenvalue weighted by Crippen LogP contribution is -2.21. The molecular formula is C15H22FN. The van der Waals surface area contributed by atoms with Crippen molar-refractivity contribution in [1.29, 1.82) is 0 Å². The Morgan fingerprint density at radius 1 is 1.24 bits per heavy atom. The molecule has 2 N–H and O–H groups in total.